The lowest BCUT2D eigenvalue weighted by atomic mass is 9.73. The molecule has 140 valence electrons. The molecule has 4 N–H and O–H groups in total. The van der Waals surface area contributed by atoms with Crippen LogP contribution in [0.2, 0.25) is 0 Å². The number of aromatic carboxylic acids is 4. The Kier molecular flexibility index (Phi) is 5.60. The first-order chi connectivity index (χ1) is 12.6. The maximum atomic E-state index is 10.9. The summed E-state index contributed by atoms with van der Waals surface area (Å²) in [5.41, 5.74) is 1.78. The maximum absolute atomic E-state index is 10.9. The van der Waals surface area contributed by atoms with E-state index in [-0.39, 0.29) is 28.2 Å². The lowest BCUT2D eigenvalue weighted by molar-refractivity contribution is 0.0676. The molecule has 1 atom stereocenters. The molecule has 0 radical (unpaired) electrons. The molecule has 0 amide bonds. The fourth-order valence-corrected chi connectivity index (χ4v) is 2.90. The molecule has 2 aromatic carbocycles. The quantitative estimate of drug-likeness (QED) is 0.640. The predicted octanol–water partition coefficient (Wildman–Crippen LogP) is 2.83. The van der Waals surface area contributed by atoms with E-state index in [1.54, 1.807) is 0 Å². The summed E-state index contributed by atoms with van der Waals surface area (Å²) in [4.78, 5) is 42.5. The molecule has 0 heterocycles. The molecule has 8 nitrogen and oxygen atoms in total. The summed E-state index contributed by atoms with van der Waals surface area (Å²) in [7, 11) is 0. The lowest BCUT2D eigenvalue weighted by Crippen LogP contribution is -2.23. The van der Waals surface area contributed by atoms with Gasteiger partial charge in [-0.3, -0.25) is 0 Å². The van der Waals surface area contributed by atoms with Crippen LogP contribution in [-0.4, -0.2) is 44.3 Å². The molecule has 0 saturated carbocycles. The van der Waals surface area contributed by atoms with Crippen molar-refractivity contribution < 1.29 is 39.6 Å². The lowest BCUT2D eigenvalue weighted by Gasteiger charge is -2.30. The van der Waals surface area contributed by atoms with Gasteiger partial charge in [0, 0.05) is 0 Å². The van der Waals surface area contributed by atoms with Crippen molar-refractivity contribution in [3.8, 4) is 0 Å². The van der Waals surface area contributed by atoms with E-state index in [0.29, 0.717) is 17.5 Å². The van der Waals surface area contributed by atoms with Gasteiger partial charge in [0.25, 0.3) is 0 Å². The Morgan fingerprint density at radius 2 is 1.26 bits per heavy atom. The predicted molar refractivity (Wildman–Crippen MR) is 92.8 cm³/mol. The molecule has 3 rings (SSSR count). The van der Waals surface area contributed by atoms with Gasteiger partial charge in [0.05, 0.1) is 22.3 Å². The smallest absolute Gasteiger partial charge is 0.335 e. The molecule has 8 heteroatoms. The minimum atomic E-state index is -1.13. The zero-order valence-electron chi connectivity index (χ0n) is 14.2. The van der Waals surface area contributed by atoms with Gasteiger partial charge in [-0.2, -0.15) is 0 Å². The molecule has 0 aliphatic heterocycles. The highest BCUT2D eigenvalue weighted by atomic mass is 16.4. The minimum Gasteiger partial charge on any atom is -0.478 e. The number of hydrogen-bond acceptors (Lipinski definition) is 4. The number of rotatable bonds is 4. The number of fused-ring (bicyclic) bond motifs is 1. The van der Waals surface area contributed by atoms with E-state index in [2.05, 4.69) is 0 Å². The molecule has 1 unspecified atom stereocenters. The fraction of sp³-hybridized carbons (Fsp3) is 0.158. The molecular formula is C19H16O8. The van der Waals surface area contributed by atoms with Gasteiger partial charge in [-0.25, -0.2) is 19.2 Å². The second kappa shape index (κ2) is 7.69. The average molecular weight is 372 g/mol. The van der Waals surface area contributed by atoms with E-state index >= 15 is 0 Å². The first-order valence-corrected chi connectivity index (χ1v) is 7.82. The van der Waals surface area contributed by atoms with Crippen LogP contribution in [-0.2, 0) is 6.42 Å². The van der Waals surface area contributed by atoms with Gasteiger partial charge in [-0.05, 0) is 53.8 Å². The maximum Gasteiger partial charge on any atom is 0.335 e. The monoisotopic (exact) mass is 372 g/mol. The minimum absolute atomic E-state index is 0.0186. The summed E-state index contributed by atoms with van der Waals surface area (Å²) in [6, 6.07) is 7.94. The van der Waals surface area contributed by atoms with Crippen LogP contribution in [0.5, 0.6) is 0 Å². The molecule has 0 spiro atoms. The van der Waals surface area contributed by atoms with Gasteiger partial charge in [-0.15, -0.1) is 0 Å². The van der Waals surface area contributed by atoms with Crippen LogP contribution < -0.4 is 0 Å². The van der Waals surface area contributed by atoms with Crippen molar-refractivity contribution in [1.82, 2.24) is 0 Å². The summed E-state index contributed by atoms with van der Waals surface area (Å²) in [6.07, 6.45) is 0.651. The Morgan fingerprint density at radius 3 is 1.67 bits per heavy atom. The Labute approximate surface area is 153 Å². The third-order valence-corrected chi connectivity index (χ3v) is 4.18. The summed E-state index contributed by atoms with van der Waals surface area (Å²) in [5, 5.41) is 34.8. The van der Waals surface area contributed by atoms with Crippen LogP contribution in [0.15, 0.2) is 36.4 Å². The summed E-state index contributed by atoms with van der Waals surface area (Å²) >= 11 is 0. The topological polar surface area (TPSA) is 149 Å². The molecule has 0 aromatic heterocycles. The number of benzene rings is 2. The van der Waals surface area contributed by atoms with E-state index in [0.717, 1.165) is 6.07 Å². The van der Waals surface area contributed by atoms with Crippen molar-refractivity contribution in [2.45, 2.75) is 19.3 Å². The molecule has 27 heavy (non-hydrogen) atoms. The van der Waals surface area contributed by atoms with Gasteiger partial charge in [0.1, 0.15) is 0 Å². The molecule has 2 aromatic rings. The van der Waals surface area contributed by atoms with Crippen molar-refractivity contribution in [3.05, 3.63) is 69.8 Å². The Morgan fingerprint density at radius 1 is 0.778 bits per heavy atom. The van der Waals surface area contributed by atoms with Gasteiger partial charge >= 0.3 is 23.9 Å². The van der Waals surface area contributed by atoms with Crippen LogP contribution >= 0.6 is 0 Å². The first-order valence-electron chi connectivity index (χ1n) is 7.82. The molecule has 0 saturated heterocycles. The summed E-state index contributed by atoms with van der Waals surface area (Å²) < 4.78 is 0. The molecule has 1 aliphatic carbocycles. The largest absolute Gasteiger partial charge is 0.478 e. The van der Waals surface area contributed by atoms with E-state index < -0.39 is 23.9 Å². The normalized spacial score (nSPS) is 14.0. The van der Waals surface area contributed by atoms with Crippen LogP contribution in [0.3, 0.4) is 0 Å². The third-order valence-electron chi connectivity index (χ3n) is 4.18. The van der Waals surface area contributed by atoms with Crippen LogP contribution in [0.4, 0.5) is 0 Å². The van der Waals surface area contributed by atoms with Crippen molar-refractivity contribution in [1.29, 1.82) is 0 Å². The van der Waals surface area contributed by atoms with Crippen molar-refractivity contribution in [2.24, 2.45) is 0 Å². The second-order valence-electron chi connectivity index (χ2n) is 5.96. The second-order valence-corrected chi connectivity index (χ2v) is 5.96. The molecule has 1 aliphatic rings. The van der Waals surface area contributed by atoms with Crippen molar-refractivity contribution in [3.63, 3.8) is 0 Å². The summed E-state index contributed by atoms with van der Waals surface area (Å²) in [6.45, 7) is 1.90. The zero-order valence-corrected chi connectivity index (χ0v) is 14.2. The molecular weight excluding hydrogens is 356 g/mol. The zero-order chi connectivity index (χ0) is 20.3. The highest BCUT2D eigenvalue weighted by molar-refractivity contribution is 5.96. The Balaban J connectivity index is 0.000000199. The standard InChI is InChI=1S/C11H10O4.C8H6O4/c1-5-4-8-6(10(12)13)2-3-7(9(5)8)11(14)15;9-7(10)5-2-1-3-6(4-5)8(11)12/h2-3,5H,4H2,1H3,(H,12,13)(H,14,15);1-4H,(H,9,10)(H,11,12). The van der Waals surface area contributed by atoms with Crippen molar-refractivity contribution in [2.75, 3.05) is 0 Å². The number of carboxylic acids is 4. The molecule has 0 bridgehead atoms. The van der Waals surface area contributed by atoms with Crippen molar-refractivity contribution >= 4 is 23.9 Å². The summed E-state index contributed by atoms with van der Waals surface area (Å²) in [5.74, 6) is -4.09. The van der Waals surface area contributed by atoms with E-state index in [1.165, 1.54) is 30.3 Å². The van der Waals surface area contributed by atoms with Crippen LogP contribution in [0.1, 0.15) is 65.4 Å². The third kappa shape index (κ3) is 4.12. The Bertz CT molecular complexity index is 915. The van der Waals surface area contributed by atoms with Gasteiger partial charge in [-0.1, -0.05) is 13.0 Å². The average Bonchev–Trinajstić information content (AvgIpc) is 2.60. The van der Waals surface area contributed by atoms with E-state index in [4.69, 9.17) is 20.4 Å². The number of carboxylic acid groups (broad SMARTS) is 4. The highest BCUT2D eigenvalue weighted by Crippen LogP contribution is 2.39. The van der Waals surface area contributed by atoms with Gasteiger partial charge in [0.15, 0.2) is 0 Å². The first kappa shape index (κ1) is 19.6. The molecule has 0 fully saturated rings. The van der Waals surface area contributed by atoms with E-state index in [9.17, 15) is 19.2 Å². The number of carbonyl (C=O) groups is 4. The highest BCUT2D eigenvalue weighted by Gasteiger charge is 2.31. The van der Waals surface area contributed by atoms with E-state index in [1.807, 2.05) is 6.92 Å². The van der Waals surface area contributed by atoms with Crippen LogP contribution in [0, 0.1) is 0 Å². The SMILES string of the molecule is CC1Cc2c(C(=O)O)ccc(C(=O)O)c21.O=C(O)c1cccc(C(=O)O)c1. The Hall–Kier alpha value is -3.68. The fourth-order valence-electron chi connectivity index (χ4n) is 2.90. The van der Waals surface area contributed by atoms with Gasteiger partial charge in [0.2, 0.25) is 0 Å². The van der Waals surface area contributed by atoms with Gasteiger partial charge < -0.3 is 20.4 Å². The van der Waals surface area contributed by atoms with Crippen LogP contribution in [0.25, 0.3) is 0 Å². The number of hydrogen-bond donors (Lipinski definition) is 4.